The summed E-state index contributed by atoms with van der Waals surface area (Å²) in [7, 11) is 0. The van der Waals surface area contributed by atoms with Gasteiger partial charge >= 0.3 is 0 Å². The fraction of sp³-hybridized carbons (Fsp3) is 0.0968. The largest absolute Gasteiger partial charge is 0.310 e. The third-order valence-corrected chi connectivity index (χ3v) is 14.3. The van der Waals surface area contributed by atoms with Crippen molar-refractivity contribution in [2.75, 3.05) is 4.90 Å². The van der Waals surface area contributed by atoms with E-state index in [0.717, 1.165) is 17.1 Å². The lowest BCUT2D eigenvalue weighted by atomic mass is 9.81. The van der Waals surface area contributed by atoms with Gasteiger partial charge in [-0.2, -0.15) is 0 Å². The van der Waals surface area contributed by atoms with Crippen LogP contribution in [-0.2, 0) is 10.8 Å². The number of para-hydroxylation sites is 1. The van der Waals surface area contributed by atoms with Crippen molar-refractivity contribution in [3.63, 3.8) is 0 Å². The molecule has 0 aromatic heterocycles. The first-order valence-electron chi connectivity index (χ1n) is 22.3. The molecule has 12 rings (SSSR count). The van der Waals surface area contributed by atoms with Crippen molar-refractivity contribution < 1.29 is 0 Å². The zero-order valence-electron chi connectivity index (χ0n) is 36.2. The van der Waals surface area contributed by atoms with E-state index in [0.29, 0.717) is 0 Å². The molecule has 63 heavy (non-hydrogen) atoms. The normalized spacial score (nSPS) is 14.0. The van der Waals surface area contributed by atoms with Gasteiger partial charge in [0.05, 0.1) is 5.69 Å². The van der Waals surface area contributed by atoms with Crippen molar-refractivity contribution in [2.24, 2.45) is 0 Å². The molecule has 2 aliphatic carbocycles. The van der Waals surface area contributed by atoms with Crippen molar-refractivity contribution in [3.8, 4) is 55.6 Å². The minimum atomic E-state index is -0.233. The fourth-order valence-corrected chi connectivity index (χ4v) is 11.0. The van der Waals surface area contributed by atoms with Crippen LogP contribution in [0.3, 0.4) is 0 Å². The molecule has 10 aromatic rings. The van der Waals surface area contributed by atoms with Gasteiger partial charge in [-0.05, 0) is 136 Å². The number of anilines is 3. The minimum Gasteiger partial charge on any atom is -0.310 e. The number of hydrogen-bond acceptors (Lipinski definition) is 1. The summed E-state index contributed by atoms with van der Waals surface area (Å²) in [5, 5.41) is 5.15. The standard InChI is InChI=1S/C62H47N/c1-61(2)56-24-14-12-23-51(56)53-34-31-45(38-58(53)61)63(60-25-15-13-20-48(60)42-28-26-41(27-29-42)40-16-6-5-7-17-40)46-32-35-54-52-33-30-44(37-57(52)62(3,4)59(54)39-46)55-36-43-18-8-9-19-47(43)49-21-10-11-22-50(49)55/h5-39H,1-4H3. The Bertz CT molecular complexity index is 3440. The summed E-state index contributed by atoms with van der Waals surface area (Å²) >= 11 is 0. The van der Waals surface area contributed by atoms with Gasteiger partial charge in [-0.3, -0.25) is 0 Å². The van der Waals surface area contributed by atoms with Crippen molar-refractivity contribution in [1.82, 2.24) is 0 Å². The first kappa shape index (κ1) is 37.3. The molecule has 2 aliphatic rings. The predicted octanol–water partition coefficient (Wildman–Crippen LogP) is 17.1. The Morgan fingerprint density at radius 1 is 0.286 bits per heavy atom. The maximum absolute atomic E-state index is 2.51. The Morgan fingerprint density at radius 2 is 0.762 bits per heavy atom. The lowest BCUT2D eigenvalue weighted by Crippen LogP contribution is -2.18. The molecule has 300 valence electrons. The van der Waals surface area contributed by atoms with Gasteiger partial charge in [0.1, 0.15) is 0 Å². The molecule has 0 spiro atoms. The van der Waals surface area contributed by atoms with Crippen LogP contribution in [-0.4, -0.2) is 0 Å². The van der Waals surface area contributed by atoms with Gasteiger partial charge in [0.25, 0.3) is 0 Å². The predicted molar refractivity (Wildman–Crippen MR) is 268 cm³/mol. The van der Waals surface area contributed by atoms with Crippen LogP contribution in [0, 0.1) is 0 Å². The molecule has 0 fully saturated rings. The van der Waals surface area contributed by atoms with Crippen LogP contribution in [0.5, 0.6) is 0 Å². The number of fused-ring (bicyclic) bond motifs is 9. The molecule has 10 aromatic carbocycles. The first-order valence-corrected chi connectivity index (χ1v) is 22.3. The molecule has 0 atom stereocenters. The highest BCUT2D eigenvalue weighted by molar-refractivity contribution is 6.14. The second kappa shape index (κ2) is 14.0. The highest BCUT2D eigenvalue weighted by Gasteiger charge is 2.38. The third-order valence-electron chi connectivity index (χ3n) is 14.3. The van der Waals surface area contributed by atoms with E-state index in [9.17, 15) is 0 Å². The van der Waals surface area contributed by atoms with E-state index in [4.69, 9.17) is 0 Å². The molecule has 0 amide bonds. The Kier molecular flexibility index (Phi) is 8.30. The number of rotatable bonds is 6. The zero-order valence-corrected chi connectivity index (χ0v) is 36.2. The van der Waals surface area contributed by atoms with Crippen molar-refractivity contribution in [1.29, 1.82) is 0 Å². The number of hydrogen-bond donors (Lipinski definition) is 0. The number of benzene rings is 10. The maximum atomic E-state index is 2.51. The second-order valence-electron chi connectivity index (χ2n) is 18.5. The molecule has 0 radical (unpaired) electrons. The summed E-state index contributed by atoms with van der Waals surface area (Å²) in [6.45, 7) is 9.56. The van der Waals surface area contributed by atoms with Gasteiger partial charge in [-0.25, -0.2) is 0 Å². The van der Waals surface area contributed by atoms with Crippen molar-refractivity contribution >= 4 is 38.6 Å². The van der Waals surface area contributed by atoms with Gasteiger partial charge in [0.15, 0.2) is 0 Å². The quantitative estimate of drug-likeness (QED) is 0.151. The van der Waals surface area contributed by atoms with Gasteiger partial charge < -0.3 is 4.90 Å². The molecule has 1 heteroatoms. The van der Waals surface area contributed by atoms with Crippen LogP contribution < -0.4 is 4.90 Å². The molecular formula is C62H47N. The summed E-state index contributed by atoms with van der Waals surface area (Å²) < 4.78 is 0. The molecular weight excluding hydrogens is 759 g/mol. The summed E-state index contributed by atoms with van der Waals surface area (Å²) in [4.78, 5) is 2.51. The van der Waals surface area contributed by atoms with Crippen LogP contribution in [0.25, 0.3) is 77.2 Å². The van der Waals surface area contributed by atoms with E-state index < -0.39 is 0 Å². The van der Waals surface area contributed by atoms with Crippen LogP contribution in [0.1, 0.15) is 49.9 Å². The smallest absolute Gasteiger partial charge is 0.0540 e. The van der Waals surface area contributed by atoms with Crippen LogP contribution >= 0.6 is 0 Å². The monoisotopic (exact) mass is 805 g/mol. The van der Waals surface area contributed by atoms with Crippen molar-refractivity contribution in [3.05, 3.63) is 235 Å². The van der Waals surface area contributed by atoms with Gasteiger partial charge in [-0.1, -0.05) is 198 Å². The highest BCUT2D eigenvalue weighted by atomic mass is 15.1. The summed E-state index contributed by atoms with van der Waals surface area (Å²) in [6.07, 6.45) is 0. The minimum absolute atomic E-state index is 0.129. The highest BCUT2D eigenvalue weighted by Crippen LogP contribution is 2.54. The van der Waals surface area contributed by atoms with Gasteiger partial charge in [-0.15, -0.1) is 0 Å². The lowest BCUT2D eigenvalue weighted by Gasteiger charge is -2.31. The average molecular weight is 806 g/mol. The fourth-order valence-electron chi connectivity index (χ4n) is 11.0. The van der Waals surface area contributed by atoms with E-state index in [1.54, 1.807) is 0 Å². The van der Waals surface area contributed by atoms with Gasteiger partial charge in [0.2, 0.25) is 0 Å². The van der Waals surface area contributed by atoms with Crippen LogP contribution in [0.15, 0.2) is 212 Å². The molecule has 0 aliphatic heterocycles. The summed E-state index contributed by atoms with van der Waals surface area (Å²) in [5.41, 5.74) is 21.2. The Morgan fingerprint density at radius 3 is 1.48 bits per heavy atom. The maximum Gasteiger partial charge on any atom is 0.0540 e. The number of nitrogens with zero attached hydrogens (tertiary/aromatic N) is 1. The van der Waals surface area contributed by atoms with E-state index in [1.165, 1.54) is 99.4 Å². The average Bonchev–Trinajstić information content (AvgIpc) is 3.70. The van der Waals surface area contributed by atoms with Crippen LogP contribution in [0.4, 0.5) is 17.1 Å². The zero-order chi connectivity index (χ0) is 42.5. The second-order valence-corrected chi connectivity index (χ2v) is 18.5. The Hall–Kier alpha value is -7.48. The van der Waals surface area contributed by atoms with E-state index in [2.05, 4.69) is 245 Å². The summed E-state index contributed by atoms with van der Waals surface area (Å²) in [6, 6.07) is 79.1. The third kappa shape index (κ3) is 5.76. The molecule has 0 heterocycles. The Labute approximate surface area is 370 Å². The molecule has 1 nitrogen and oxygen atoms in total. The Balaban J connectivity index is 1.01. The molecule has 0 saturated carbocycles. The topological polar surface area (TPSA) is 3.24 Å². The first-order chi connectivity index (χ1) is 30.8. The van der Waals surface area contributed by atoms with E-state index >= 15 is 0 Å². The molecule has 0 bridgehead atoms. The summed E-state index contributed by atoms with van der Waals surface area (Å²) in [5.74, 6) is 0. The lowest BCUT2D eigenvalue weighted by molar-refractivity contribution is 0.660. The molecule has 0 unspecified atom stereocenters. The molecule has 0 saturated heterocycles. The van der Waals surface area contributed by atoms with Crippen molar-refractivity contribution in [2.45, 2.75) is 38.5 Å². The van der Waals surface area contributed by atoms with Crippen LogP contribution in [0.2, 0.25) is 0 Å². The van der Waals surface area contributed by atoms with E-state index in [1.807, 2.05) is 0 Å². The van der Waals surface area contributed by atoms with Gasteiger partial charge in [0, 0.05) is 27.8 Å². The van der Waals surface area contributed by atoms with E-state index in [-0.39, 0.29) is 10.8 Å². The SMILES string of the molecule is CC1(C)c2ccccc2-c2ccc(N(c3ccc4c(c3)C(C)(C)c3cc(-c5cc6ccccc6c6ccccc56)ccc3-4)c3ccccc3-c3ccc(-c4ccccc4)cc3)cc21. The molecule has 0 N–H and O–H groups in total.